The van der Waals surface area contributed by atoms with Crippen molar-refractivity contribution in [3.63, 3.8) is 0 Å². The number of hydrogen-bond donors (Lipinski definition) is 1. The molecule has 0 unspecified atom stereocenters. The quantitative estimate of drug-likeness (QED) is 0.547. The molecule has 162 valence electrons. The van der Waals surface area contributed by atoms with Gasteiger partial charge in [-0.3, -0.25) is 4.79 Å². The molecule has 0 bridgehead atoms. The van der Waals surface area contributed by atoms with Gasteiger partial charge in [-0.05, 0) is 41.3 Å². The molecule has 1 aromatic heterocycles. The third kappa shape index (κ3) is 5.22. The van der Waals surface area contributed by atoms with E-state index in [4.69, 9.17) is 13.9 Å². The molecule has 1 heterocycles. The Morgan fingerprint density at radius 1 is 1.06 bits per heavy atom. The van der Waals surface area contributed by atoms with Gasteiger partial charge in [0, 0.05) is 17.5 Å². The monoisotopic (exact) mass is 424 g/mol. The van der Waals surface area contributed by atoms with Crippen LogP contribution in [0.15, 0.2) is 57.7 Å². The molecule has 0 aliphatic carbocycles. The molecular weight excluding hydrogens is 402 g/mol. The van der Waals surface area contributed by atoms with Crippen molar-refractivity contribution in [2.45, 2.75) is 19.9 Å². The standard InChI is InChI=1S/C23H23NO7/c1-13(2)22(23(27)28)24-20(25)12-30-16-8-9-17-18(11-21(26)31-19(17)10-16)14-4-6-15(29-3)7-5-14/h4-11,13,22H,12H2,1-3H3,(H,24,25)(H,27,28)/p-1/t22-/m0/s1. The number of nitrogens with one attached hydrogen (secondary N) is 1. The highest BCUT2D eigenvalue weighted by molar-refractivity contribution is 5.94. The highest BCUT2D eigenvalue weighted by atomic mass is 16.5. The van der Waals surface area contributed by atoms with Crippen LogP contribution in [0, 0.1) is 5.92 Å². The lowest BCUT2D eigenvalue weighted by Gasteiger charge is -2.23. The second-order valence-electron chi connectivity index (χ2n) is 7.26. The summed E-state index contributed by atoms with van der Waals surface area (Å²) in [6, 6.07) is 12.4. The zero-order valence-electron chi connectivity index (χ0n) is 17.3. The third-order valence-electron chi connectivity index (χ3n) is 4.72. The van der Waals surface area contributed by atoms with E-state index >= 15 is 0 Å². The molecule has 1 N–H and O–H groups in total. The number of carbonyl (C=O) groups excluding carboxylic acids is 2. The number of fused-ring (bicyclic) bond motifs is 1. The summed E-state index contributed by atoms with van der Waals surface area (Å²) in [6.45, 7) is 2.92. The fourth-order valence-electron chi connectivity index (χ4n) is 3.10. The van der Waals surface area contributed by atoms with Crippen molar-refractivity contribution in [3.8, 4) is 22.6 Å². The van der Waals surface area contributed by atoms with E-state index in [1.807, 2.05) is 12.1 Å². The normalized spacial score (nSPS) is 11.9. The van der Waals surface area contributed by atoms with Gasteiger partial charge in [-0.25, -0.2) is 4.79 Å². The molecule has 0 radical (unpaired) electrons. The van der Waals surface area contributed by atoms with Gasteiger partial charge in [0.1, 0.15) is 17.1 Å². The Bertz CT molecular complexity index is 1150. The van der Waals surface area contributed by atoms with Gasteiger partial charge >= 0.3 is 5.63 Å². The first-order valence-corrected chi connectivity index (χ1v) is 9.64. The van der Waals surface area contributed by atoms with Gasteiger partial charge in [0.2, 0.25) is 0 Å². The van der Waals surface area contributed by atoms with Crippen LogP contribution in [0.1, 0.15) is 13.8 Å². The summed E-state index contributed by atoms with van der Waals surface area (Å²) < 4.78 is 15.9. The predicted molar refractivity (Wildman–Crippen MR) is 112 cm³/mol. The topological polar surface area (TPSA) is 118 Å². The lowest BCUT2D eigenvalue weighted by Crippen LogP contribution is -2.51. The number of rotatable bonds is 8. The smallest absolute Gasteiger partial charge is 0.336 e. The van der Waals surface area contributed by atoms with Gasteiger partial charge in [0.05, 0.1) is 19.1 Å². The van der Waals surface area contributed by atoms with Crippen LogP contribution >= 0.6 is 0 Å². The van der Waals surface area contributed by atoms with E-state index in [0.29, 0.717) is 28.0 Å². The summed E-state index contributed by atoms with van der Waals surface area (Å²) >= 11 is 0. The van der Waals surface area contributed by atoms with Crippen LogP contribution in [0.3, 0.4) is 0 Å². The van der Waals surface area contributed by atoms with Crippen LogP contribution in [0.4, 0.5) is 0 Å². The first-order valence-electron chi connectivity index (χ1n) is 9.64. The van der Waals surface area contributed by atoms with E-state index in [9.17, 15) is 19.5 Å². The molecule has 1 amide bonds. The van der Waals surface area contributed by atoms with Gasteiger partial charge < -0.3 is 29.1 Å². The Hall–Kier alpha value is -3.81. The van der Waals surface area contributed by atoms with Gasteiger partial charge in [0.25, 0.3) is 5.91 Å². The molecule has 0 fully saturated rings. The first-order chi connectivity index (χ1) is 14.8. The minimum atomic E-state index is -1.36. The number of benzene rings is 2. The maximum atomic E-state index is 12.1. The molecule has 0 saturated heterocycles. The first kappa shape index (κ1) is 21.9. The molecule has 0 aliphatic rings. The second kappa shape index (κ2) is 9.34. The number of carboxylic acid groups (broad SMARTS) is 1. The molecule has 8 heteroatoms. The number of methoxy groups -OCH3 is 1. The SMILES string of the molecule is COc1ccc(-c2cc(=O)oc3cc(OCC(=O)N[C@H](C(=O)[O-])C(C)C)ccc23)cc1. The zero-order valence-corrected chi connectivity index (χ0v) is 17.3. The van der Waals surface area contributed by atoms with Crippen molar-refractivity contribution < 1.29 is 28.6 Å². The molecule has 31 heavy (non-hydrogen) atoms. The molecule has 3 aromatic rings. The van der Waals surface area contributed by atoms with Crippen LogP contribution in [0.2, 0.25) is 0 Å². The summed E-state index contributed by atoms with van der Waals surface area (Å²) in [5.41, 5.74) is 1.27. The fourth-order valence-corrected chi connectivity index (χ4v) is 3.10. The lowest BCUT2D eigenvalue weighted by molar-refractivity contribution is -0.309. The Labute approximate surface area is 178 Å². The average molecular weight is 424 g/mol. The highest BCUT2D eigenvalue weighted by Gasteiger charge is 2.17. The Morgan fingerprint density at radius 2 is 1.74 bits per heavy atom. The van der Waals surface area contributed by atoms with E-state index in [-0.39, 0.29) is 5.92 Å². The van der Waals surface area contributed by atoms with E-state index in [1.165, 1.54) is 12.1 Å². The maximum absolute atomic E-state index is 12.1. The summed E-state index contributed by atoms with van der Waals surface area (Å²) in [7, 11) is 1.57. The summed E-state index contributed by atoms with van der Waals surface area (Å²) in [5.74, 6) is -1.30. The number of amides is 1. The van der Waals surface area contributed by atoms with E-state index < -0.39 is 30.2 Å². The maximum Gasteiger partial charge on any atom is 0.336 e. The van der Waals surface area contributed by atoms with Crippen molar-refractivity contribution in [3.05, 3.63) is 59.0 Å². The van der Waals surface area contributed by atoms with Crippen LogP contribution in [-0.2, 0) is 9.59 Å². The molecular formula is C23H22NO7-. The van der Waals surface area contributed by atoms with Crippen LogP contribution in [0.25, 0.3) is 22.1 Å². The highest BCUT2D eigenvalue weighted by Crippen LogP contribution is 2.30. The van der Waals surface area contributed by atoms with Crippen molar-refractivity contribution in [1.29, 1.82) is 0 Å². The largest absolute Gasteiger partial charge is 0.548 e. The van der Waals surface area contributed by atoms with Crippen molar-refractivity contribution >= 4 is 22.8 Å². The minimum Gasteiger partial charge on any atom is -0.548 e. The third-order valence-corrected chi connectivity index (χ3v) is 4.72. The van der Waals surface area contributed by atoms with E-state index in [0.717, 1.165) is 5.56 Å². The second-order valence-corrected chi connectivity index (χ2v) is 7.26. The Balaban J connectivity index is 1.81. The fraction of sp³-hybridized carbons (Fsp3) is 0.261. The number of ether oxygens (including phenoxy) is 2. The predicted octanol–water partition coefficient (Wildman–Crippen LogP) is 1.74. The van der Waals surface area contributed by atoms with E-state index in [2.05, 4.69) is 5.32 Å². The Kier molecular flexibility index (Phi) is 6.59. The zero-order chi connectivity index (χ0) is 22.5. The van der Waals surface area contributed by atoms with Crippen molar-refractivity contribution in [2.75, 3.05) is 13.7 Å². The van der Waals surface area contributed by atoms with Gasteiger partial charge in [-0.2, -0.15) is 0 Å². The molecule has 0 spiro atoms. The lowest BCUT2D eigenvalue weighted by atomic mass is 10.0. The van der Waals surface area contributed by atoms with E-state index in [1.54, 1.807) is 45.2 Å². The van der Waals surface area contributed by atoms with Crippen LogP contribution in [-0.4, -0.2) is 31.6 Å². The minimum absolute atomic E-state index is 0.297. The van der Waals surface area contributed by atoms with Gasteiger partial charge in [-0.1, -0.05) is 26.0 Å². The Morgan fingerprint density at radius 3 is 2.35 bits per heavy atom. The number of hydrogen-bond acceptors (Lipinski definition) is 7. The number of carboxylic acids is 1. The van der Waals surface area contributed by atoms with Crippen molar-refractivity contribution in [2.24, 2.45) is 5.92 Å². The summed E-state index contributed by atoms with van der Waals surface area (Å²) in [6.07, 6.45) is 0. The molecule has 3 rings (SSSR count). The molecule has 8 nitrogen and oxygen atoms in total. The van der Waals surface area contributed by atoms with Gasteiger partial charge in [-0.15, -0.1) is 0 Å². The van der Waals surface area contributed by atoms with Crippen molar-refractivity contribution in [1.82, 2.24) is 5.32 Å². The van der Waals surface area contributed by atoms with Crippen LogP contribution < -0.4 is 25.5 Å². The molecule has 0 saturated carbocycles. The van der Waals surface area contributed by atoms with Crippen LogP contribution in [0.5, 0.6) is 11.5 Å². The average Bonchev–Trinajstić information content (AvgIpc) is 2.74. The summed E-state index contributed by atoms with van der Waals surface area (Å²) in [5, 5.41) is 14.2. The molecule has 0 aliphatic heterocycles. The van der Waals surface area contributed by atoms with Gasteiger partial charge in [0.15, 0.2) is 6.61 Å². The number of carbonyl (C=O) groups is 2. The molecule has 1 atom stereocenters. The summed E-state index contributed by atoms with van der Waals surface area (Å²) in [4.78, 5) is 35.2. The number of aliphatic carboxylic acids is 1. The molecule has 2 aromatic carbocycles.